The van der Waals surface area contributed by atoms with Gasteiger partial charge in [-0.05, 0) is 20.9 Å². The second-order valence-electron chi connectivity index (χ2n) is 5.11. The molecule has 0 saturated carbocycles. The molecule has 2 heterocycles. The average Bonchev–Trinajstić information content (AvgIpc) is 3.06. The Hall–Kier alpha value is -1.29. The number of nitrogens with zero attached hydrogens (tertiary/aromatic N) is 3. The summed E-state index contributed by atoms with van der Waals surface area (Å²) in [6.45, 7) is 4.91. The molecular weight excluding hydrogens is 310 g/mol. The van der Waals surface area contributed by atoms with Gasteiger partial charge in [0.05, 0.1) is 18.3 Å². The molecule has 2 aromatic rings. The molecule has 0 radical (unpaired) electrons. The molecule has 0 unspecified atom stereocenters. The predicted octanol–water partition coefficient (Wildman–Crippen LogP) is 0.773. The summed E-state index contributed by atoms with van der Waals surface area (Å²) >= 11 is 1.41. The summed E-state index contributed by atoms with van der Waals surface area (Å²) in [5.41, 5.74) is -0.764. The van der Waals surface area contributed by atoms with Crippen LogP contribution in [-0.2, 0) is 22.1 Å². The van der Waals surface area contributed by atoms with Crippen molar-refractivity contribution < 1.29 is 8.42 Å². The fourth-order valence-electron chi connectivity index (χ4n) is 1.80. The number of sulfonamides is 1. The Labute approximate surface area is 128 Å². The topological polar surface area (TPSA) is 88.9 Å². The summed E-state index contributed by atoms with van der Waals surface area (Å²) < 4.78 is 29.1. The Morgan fingerprint density at radius 1 is 1.43 bits per heavy atom. The van der Waals surface area contributed by atoms with Crippen molar-refractivity contribution >= 4 is 21.4 Å². The maximum atomic E-state index is 12.4. The fourth-order valence-corrected chi connectivity index (χ4v) is 3.92. The van der Waals surface area contributed by atoms with Gasteiger partial charge in [-0.1, -0.05) is 0 Å². The SMILES string of the molecule is CNCCn1cc(S(=O)(=O)NC(C)(C)c2nccs2)cn1. The van der Waals surface area contributed by atoms with E-state index in [0.717, 1.165) is 6.54 Å². The van der Waals surface area contributed by atoms with E-state index < -0.39 is 15.6 Å². The minimum atomic E-state index is -3.64. The highest BCUT2D eigenvalue weighted by Gasteiger charge is 2.30. The minimum absolute atomic E-state index is 0.156. The zero-order valence-corrected chi connectivity index (χ0v) is 13.8. The van der Waals surface area contributed by atoms with Crippen LogP contribution in [0.2, 0.25) is 0 Å². The van der Waals surface area contributed by atoms with E-state index >= 15 is 0 Å². The van der Waals surface area contributed by atoms with Crippen molar-refractivity contribution in [3.63, 3.8) is 0 Å². The molecule has 0 aromatic carbocycles. The summed E-state index contributed by atoms with van der Waals surface area (Å²) in [6.07, 6.45) is 4.54. The van der Waals surface area contributed by atoms with Crippen molar-refractivity contribution in [2.75, 3.05) is 13.6 Å². The van der Waals surface area contributed by atoms with Crippen LogP contribution >= 0.6 is 11.3 Å². The zero-order chi connectivity index (χ0) is 15.5. The van der Waals surface area contributed by atoms with E-state index in [4.69, 9.17) is 0 Å². The highest BCUT2D eigenvalue weighted by atomic mass is 32.2. The lowest BCUT2D eigenvalue weighted by atomic mass is 10.1. The first-order valence-corrected chi connectivity index (χ1v) is 8.82. The van der Waals surface area contributed by atoms with Crippen LogP contribution in [0.25, 0.3) is 0 Å². The van der Waals surface area contributed by atoms with Crippen molar-refractivity contribution in [2.45, 2.75) is 30.8 Å². The average molecular weight is 329 g/mol. The first kappa shape index (κ1) is 16.1. The molecular formula is C12H19N5O2S2. The van der Waals surface area contributed by atoms with Gasteiger partial charge in [0.1, 0.15) is 9.90 Å². The molecule has 0 saturated heterocycles. The van der Waals surface area contributed by atoms with Crippen LogP contribution in [-0.4, -0.2) is 36.8 Å². The highest BCUT2D eigenvalue weighted by molar-refractivity contribution is 7.89. The molecule has 0 amide bonds. The van der Waals surface area contributed by atoms with E-state index in [-0.39, 0.29) is 4.90 Å². The summed E-state index contributed by atoms with van der Waals surface area (Å²) in [5, 5.41) is 9.58. The molecule has 0 bridgehead atoms. The smallest absolute Gasteiger partial charge is 0.244 e. The van der Waals surface area contributed by atoms with Gasteiger partial charge in [0.25, 0.3) is 0 Å². The molecule has 0 aliphatic heterocycles. The first-order valence-electron chi connectivity index (χ1n) is 6.46. The van der Waals surface area contributed by atoms with Gasteiger partial charge in [0.2, 0.25) is 10.0 Å². The molecule has 0 aliphatic rings. The van der Waals surface area contributed by atoms with E-state index in [2.05, 4.69) is 20.1 Å². The van der Waals surface area contributed by atoms with Crippen LogP contribution in [0.4, 0.5) is 0 Å². The van der Waals surface area contributed by atoms with Gasteiger partial charge in [-0.2, -0.15) is 9.82 Å². The zero-order valence-electron chi connectivity index (χ0n) is 12.2. The van der Waals surface area contributed by atoms with Crippen molar-refractivity contribution in [1.29, 1.82) is 0 Å². The Bertz CT molecular complexity index is 676. The molecule has 2 N–H and O–H groups in total. The third-order valence-corrected chi connectivity index (χ3v) is 5.57. The van der Waals surface area contributed by atoms with Crippen LogP contribution in [0.5, 0.6) is 0 Å². The van der Waals surface area contributed by atoms with Crippen molar-refractivity contribution in [1.82, 2.24) is 24.8 Å². The highest BCUT2D eigenvalue weighted by Crippen LogP contribution is 2.24. The normalized spacial score (nSPS) is 12.7. The summed E-state index contributed by atoms with van der Waals surface area (Å²) in [4.78, 5) is 4.33. The van der Waals surface area contributed by atoms with E-state index in [1.54, 1.807) is 24.7 Å². The van der Waals surface area contributed by atoms with Gasteiger partial charge in [0.15, 0.2) is 0 Å². The Morgan fingerprint density at radius 2 is 2.19 bits per heavy atom. The van der Waals surface area contributed by atoms with Crippen LogP contribution in [0.1, 0.15) is 18.9 Å². The van der Waals surface area contributed by atoms with Gasteiger partial charge in [-0.3, -0.25) is 4.68 Å². The fraction of sp³-hybridized carbons (Fsp3) is 0.500. The second-order valence-corrected chi connectivity index (χ2v) is 7.69. The van der Waals surface area contributed by atoms with Crippen LogP contribution in [0, 0.1) is 0 Å². The quantitative estimate of drug-likeness (QED) is 0.783. The Balaban J connectivity index is 2.16. The number of hydrogen-bond acceptors (Lipinski definition) is 6. The molecule has 116 valence electrons. The Kier molecular flexibility index (Phi) is 4.77. The lowest BCUT2D eigenvalue weighted by Crippen LogP contribution is -2.40. The molecule has 0 fully saturated rings. The van der Waals surface area contributed by atoms with Crippen LogP contribution in [0.3, 0.4) is 0 Å². The molecule has 2 rings (SSSR count). The number of likely N-dealkylation sites (N-methyl/N-ethyl adjacent to an activating group) is 1. The van der Waals surface area contributed by atoms with E-state index in [0.29, 0.717) is 11.6 Å². The van der Waals surface area contributed by atoms with Gasteiger partial charge in [0, 0.05) is 24.3 Å². The maximum Gasteiger partial charge on any atom is 0.244 e. The monoisotopic (exact) mass is 329 g/mol. The largest absolute Gasteiger partial charge is 0.318 e. The second kappa shape index (κ2) is 6.22. The van der Waals surface area contributed by atoms with Crippen LogP contribution in [0.15, 0.2) is 28.9 Å². The first-order chi connectivity index (χ1) is 9.85. The molecule has 7 nitrogen and oxygen atoms in total. The number of nitrogens with one attached hydrogen (secondary N) is 2. The van der Waals surface area contributed by atoms with Crippen molar-refractivity contribution in [2.24, 2.45) is 0 Å². The lowest BCUT2D eigenvalue weighted by Gasteiger charge is -2.22. The van der Waals surface area contributed by atoms with Crippen molar-refractivity contribution in [3.8, 4) is 0 Å². The summed E-state index contributed by atoms with van der Waals surface area (Å²) in [7, 11) is -1.80. The molecule has 0 spiro atoms. The molecule has 2 aromatic heterocycles. The summed E-state index contributed by atoms with van der Waals surface area (Å²) in [5.74, 6) is 0. The van der Waals surface area contributed by atoms with Gasteiger partial charge in [-0.15, -0.1) is 11.3 Å². The van der Waals surface area contributed by atoms with Gasteiger partial charge < -0.3 is 5.32 Å². The number of hydrogen-bond donors (Lipinski definition) is 2. The molecule has 0 aliphatic carbocycles. The number of rotatable bonds is 7. The third kappa shape index (κ3) is 3.88. The van der Waals surface area contributed by atoms with E-state index in [1.807, 2.05) is 12.4 Å². The molecule has 9 heteroatoms. The third-order valence-electron chi connectivity index (χ3n) is 2.87. The predicted molar refractivity (Wildman–Crippen MR) is 81.6 cm³/mol. The minimum Gasteiger partial charge on any atom is -0.318 e. The maximum absolute atomic E-state index is 12.4. The lowest BCUT2D eigenvalue weighted by molar-refractivity contribution is 0.469. The standard InChI is InChI=1S/C12H19N5O2S2/c1-12(2,11-14-5-7-20-11)16-21(18,19)10-8-15-17(9-10)6-4-13-3/h5,7-9,13,16H,4,6H2,1-3H3. The number of thiazole rings is 1. The van der Waals surface area contributed by atoms with E-state index in [1.165, 1.54) is 23.7 Å². The molecule has 0 atom stereocenters. The number of aromatic nitrogens is 3. The van der Waals surface area contributed by atoms with Gasteiger partial charge >= 0.3 is 0 Å². The molecule has 21 heavy (non-hydrogen) atoms. The van der Waals surface area contributed by atoms with E-state index in [9.17, 15) is 8.42 Å². The van der Waals surface area contributed by atoms with Crippen molar-refractivity contribution in [3.05, 3.63) is 29.0 Å². The van der Waals surface area contributed by atoms with Gasteiger partial charge in [-0.25, -0.2) is 13.4 Å². The van der Waals surface area contributed by atoms with Crippen LogP contribution < -0.4 is 10.0 Å². The summed E-state index contributed by atoms with van der Waals surface area (Å²) in [6, 6.07) is 0. The Morgan fingerprint density at radius 3 is 2.81 bits per heavy atom.